The summed E-state index contributed by atoms with van der Waals surface area (Å²) in [6, 6.07) is 0. The van der Waals surface area contributed by atoms with Crippen molar-refractivity contribution in [1.82, 2.24) is 19.5 Å². The van der Waals surface area contributed by atoms with E-state index < -0.39 is 36.7 Å². The van der Waals surface area contributed by atoms with Crippen LogP contribution in [-0.2, 0) is 4.74 Å². The summed E-state index contributed by atoms with van der Waals surface area (Å²) in [4.78, 5) is 21.8. The minimum absolute atomic E-state index is 0. The number of rotatable bonds is 2. The monoisotopic (exact) mass is 403 g/mol. The van der Waals surface area contributed by atoms with Crippen molar-refractivity contribution in [1.29, 1.82) is 0 Å². The number of hydrogen-bond donors (Lipinski definition) is 5. The maximum absolute atomic E-state index is 11.7. The van der Waals surface area contributed by atoms with Crippen molar-refractivity contribution in [3.05, 3.63) is 16.7 Å². The van der Waals surface area contributed by atoms with Crippen molar-refractivity contribution in [3.8, 4) is 0 Å². The van der Waals surface area contributed by atoms with Crippen molar-refractivity contribution in [2.24, 2.45) is 0 Å². The number of anilines is 1. The van der Waals surface area contributed by atoms with E-state index in [1.165, 1.54) is 10.9 Å². The third-order valence-corrected chi connectivity index (χ3v) is 3.24. The normalized spacial score (nSPS) is 28.7. The summed E-state index contributed by atoms with van der Waals surface area (Å²) in [7, 11) is 0. The Labute approximate surface area is 134 Å². The van der Waals surface area contributed by atoms with Crippen LogP contribution >= 0.6 is 0 Å². The number of nitrogens with two attached hydrogens (primary N) is 1. The van der Waals surface area contributed by atoms with Crippen molar-refractivity contribution >= 4 is 41.0 Å². The van der Waals surface area contributed by atoms with Gasteiger partial charge >= 0.3 is 0 Å². The average molecular weight is 402 g/mol. The molecule has 6 N–H and O–H groups in total. The van der Waals surface area contributed by atoms with Crippen LogP contribution in [0.4, 0.5) is 5.95 Å². The minimum Gasteiger partial charge on any atom is -0.394 e. The zero-order valence-corrected chi connectivity index (χ0v) is 13.5. The molecule has 3 rings (SSSR count). The second-order valence-electron chi connectivity index (χ2n) is 4.50. The van der Waals surface area contributed by atoms with E-state index in [2.05, 4.69) is 15.0 Å². The standard InChI is InChI=1S/C10H13N5O5.Sn/c11-10-13-7-4(8(19)14-10)12-2-15(7)9-6(18)5(17)3(1-16)20-9;/h2-3,5-6,9,16-18H,1H2,(H3,11,13,14,19);/t3-,5-,6-,9-;/m1./s1. The summed E-state index contributed by atoms with van der Waals surface area (Å²) in [6.07, 6.45) is -3.21. The van der Waals surface area contributed by atoms with E-state index in [-0.39, 0.29) is 41.0 Å². The van der Waals surface area contributed by atoms with Crippen LogP contribution in [0.1, 0.15) is 6.23 Å². The number of aliphatic hydroxyl groups is 3. The second-order valence-corrected chi connectivity index (χ2v) is 4.50. The maximum atomic E-state index is 11.7. The van der Waals surface area contributed by atoms with Crippen molar-refractivity contribution in [2.45, 2.75) is 24.5 Å². The molecule has 2 aromatic rings. The van der Waals surface area contributed by atoms with Gasteiger partial charge in [0, 0.05) is 23.9 Å². The van der Waals surface area contributed by atoms with Gasteiger partial charge in [0.15, 0.2) is 17.4 Å². The van der Waals surface area contributed by atoms with Crippen LogP contribution in [0.25, 0.3) is 11.2 Å². The molecule has 10 nitrogen and oxygen atoms in total. The molecule has 0 amide bonds. The summed E-state index contributed by atoms with van der Waals surface area (Å²) in [5.74, 6) is -0.101. The number of aromatic nitrogens is 4. The van der Waals surface area contributed by atoms with Gasteiger partial charge in [-0.2, -0.15) is 4.98 Å². The number of aliphatic hydroxyl groups excluding tert-OH is 3. The Morgan fingerprint density at radius 3 is 2.76 bits per heavy atom. The van der Waals surface area contributed by atoms with E-state index in [0.717, 1.165) is 0 Å². The zero-order valence-electron chi connectivity index (χ0n) is 10.7. The maximum Gasteiger partial charge on any atom is 0.280 e. The summed E-state index contributed by atoms with van der Waals surface area (Å²) in [5, 5.41) is 28.7. The fraction of sp³-hybridized carbons (Fsp3) is 0.500. The van der Waals surface area contributed by atoms with Gasteiger partial charge in [0.05, 0.1) is 12.9 Å². The predicted molar refractivity (Wildman–Crippen MR) is 71.3 cm³/mol. The molecule has 11 heteroatoms. The van der Waals surface area contributed by atoms with Gasteiger partial charge in [-0.25, -0.2) is 4.98 Å². The third-order valence-electron chi connectivity index (χ3n) is 3.24. The second kappa shape index (κ2) is 5.88. The number of hydrogen-bond acceptors (Lipinski definition) is 8. The van der Waals surface area contributed by atoms with Crippen LogP contribution in [-0.4, -0.2) is 83.7 Å². The Kier molecular flexibility index (Phi) is 4.53. The van der Waals surface area contributed by atoms with Gasteiger partial charge in [-0.3, -0.25) is 14.3 Å². The fourth-order valence-electron chi connectivity index (χ4n) is 2.24. The first-order valence-electron chi connectivity index (χ1n) is 5.87. The van der Waals surface area contributed by atoms with E-state index in [1.54, 1.807) is 0 Å². The molecule has 1 saturated heterocycles. The van der Waals surface area contributed by atoms with Crippen LogP contribution in [0.15, 0.2) is 11.1 Å². The van der Waals surface area contributed by atoms with E-state index in [9.17, 15) is 15.0 Å². The Hall–Kier alpha value is -1.21. The average Bonchev–Trinajstić information content (AvgIpc) is 2.93. The molecule has 0 aliphatic carbocycles. The number of nitrogen functional groups attached to an aromatic ring is 1. The first-order valence-corrected chi connectivity index (χ1v) is 5.87. The Morgan fingerprint density at radius 1 is 1.43 bits per heavy atom. The van der Waals surface area contributed by atoms with Gasteiger partial charge in [0.2, 0.25) is 5.95 Å². The zero-order chi connectivity index (χ0) is 14.4. The molecule has 1 fully saturated rings. The van der Waals surface area contributed by atoms with Crippen LogP contribution in [0.2, 0.25) is 0 Å². The van der Waals surface area contributed by atoms with E-state index >= 15 is 0 Å². The van der Waals surface area contributed by atoms with Gasteiger partial charge in [-0.1, -0.05) is 0 Å². The van der Waals surface area contributed by atoms with Crippen molar-refractivity contribution in [3.63, 3.8) is 0 Å². The molecule has 4 radical (unpaired) electrons. The SMILES string of the molecule is Nc1nc2c(ncn2[C@@H]2O[C@H](CO)[C@@H](O)[C@H]2O)c(=O)[nH]1.[Sn]. The fourth-order valence-corrected chi connectivity index (χ4v) is 2.24. The van der Waals surface area contributed by atoms with Crippen molar-refractivity contribution < 1.29 is 20.1 Å². The van der Waals surface area contributed by atoms with Crippen LogP contribution in [0.3, 0.4) is 0 Å². The summed E-state index contributed by atoms with van der Waals surface area (Å²) < 4.78 is 6.64. The number of aromatic amines is 1. The Bertz CT molecular complexity index is 703. The smallest absolute Gasteiger partial charge is 0.280 e. The van der Waals surface area contributed by atoms with Gasteiger partial charge in [0.25, 0.3) is 5.56 Å². The molecule has 0 aromatic carbocycles. The number of imidazole rings is 1. The molecular weight excluding hydrogens is 389 g/mol. The Morgan fingerprint density at radius 2 is 2.14 bits per heavy atom. The molecule has 4 atom stereocenters. The molecule has 2 aromatic heterocycles. The van der Waals surface area contributed by atoms with E-state index in [0.29, 0.717) is 0 Å². The van der Waals surface area contributed by atoms with Crippen molar-refractivity contribution in [2.75, 3.05) is 12.3 Å². The molecular formula is C10H13N5O5Sn. The summed E-state index contributed by atoms with van der Waals surface area (Å²) >= 11 is 0. The number of ether oxygens (including phenoxy) is 1. The largest absolute Gasteiger partial charge is 0.394 e. The minimum atomic E-state index is -1.29. The van der Waals surface area contributed by atoms with Gasteiger partial charge in [-0.15, -0.1) is 0 Å². The van der Waals surface area contributed by atoms with Gasteiger partial charge in [-0.05, 0) is 0 Å². The topological polar surface area (TPSA) is 160 Å². The first kappa shape index (κ1) is 16.2. The molecule has 112 valence electrons. The molecule has 0 bridgehead atoms. The number of nitrogens with one attached hydrogen (secondary N) is 1. The van der Waals surface area contributed by atoms with Crippen LogP contribution in [0.5, 0.6) is 0 Å². The molecule has 3 heterocycles. The molecule has 21 heavy (non-hydrogen) atoms. The quantitative estimate of drug-likeness (QED) is 0.331. The number of nitrogens with zero attached hydrogens (tertiary/aromatic N) is 3. The summed E-state index contributed by atoms with van der Waals surface area (Å²) in [6.45, 7) is -0.447. The molecule has 1 aliphatic rings. The molecule has 0 spiro atoms. The molecule has 1 aliphatic heterocycles. The van der Waals surface area contributed by atoms with Gasteiger partial charge in [0.1, 0.15) is 18.3 Å². The van der Waals surface area contributed by atoms with Gasteiger partial charge < -0.3 is 25.8 Å². The number of H-pyrrole nitrogens is 1. The van der Waals surface area contributed by atoms with E-state index in [4.69, 9.17) is 15.6 Å². The summed E-state index contributed by atoms with van der Waals surface area (Å²) in [5.41, 5.74) is 5.12. The number of fused-ring (bicyclic) bond motifs is 1. The van der Waals surface area contributed by atoms with E-state index in [1.807, 2.05) is 0 Å². The third kappa shape index (κ3) is 2.53. The molecule has 0 unspecified atom stereocenters. The van der Waals surface area contributed by atoms with Crippen LogP contribution in [0, 0.1) is 0 Å². The first-order chi connectivity index (χ1) is 9.52. The molecule has 0 saturated carbocycles. The predicted octanol–water partition coefficient (Wildman–Crippen LogP) is -3.07. The van der Waals surface area contributed by atoms with Crippen LogP contribution < -0.4 is 11.3 Å². The Balaban J connectivity index is 0.00000161.